The van der Waals surface area contributed by atoms with Crippen LogP contribution in [0.3, 0.4) is 0 Å². The molecule has 0 spiro atoms. The highest BCUT2D eigenvalue weighted by Crippen LogP contribution is 2.48. The number of aliphatic carboxylic acids is 1. The molecule has 37 heavy (non-hydrogen) atoms. The zero-order valence-corrected chi connectivity index (χ0v) is 23.4. The number of carboxylic acids is 1. The van der Waals surface area contributed by atoms with Crippen molar-refractivity contribution in [1.29, 1.82) is 0 Å². The zero-order valence-electron chi connectivity index (χ0n) is 23.4. The van der Waals surface area contributed by atoms with E-state index in [1.807, 2.05) is 18.2 Å². The molecule has 7 heteroatoms. The molecule has 1 aliphatic rings. The molecule has 0 saturated carbocycles. The molecule has 3 atom stereocenters. The number of nitrogens with zero attached hydrogens (tertiary/aromatic N) is 1. The van der Waals surface area contributed by atoms with E-state index < -0.39 is 11.9 Å². The molecule has 0 saturated heterocycles. The van der Waals surface area contributed by atoms with Crippen LogP contribution in [0.1, 0.15) is 49.3 Å². The summed E-state index contributed by atoms with van der Waals surface area (Å²) < 4.78 is 21.8. The van der Waals surface area contributed by atoms with Gasteiger partial charge in [0.05, 0.1) is 34.4 Å². The number of ether oxygens (including phenoxy) is 4. The number of carbonyl (C=O) groups is 1. The van der Waals surface area contributed by atoms with E-state index in [4.69, 9.17) is 18.9 Å². The minimum absolute atomic E-state index is 0.0716. The summed E-state index contributed by atoms with van der Waals surface area (Å²) in [7, 11) is 8.63. The van der Waals surface area contributed by atoms with Crippen molar-refractivity contribution in [2.75, 3.05) is 48.6 Å². The van der Waals surface area contributed by atoms with E-state index in [1.54, 1.807) is 28.4 Å². The van der Waals surface area contributed by atoms with Crippen LogP contribution in [0.25, 0.3) is 0 Å². The number of fused-ring (bicyclic) bond motifs is 1. The molecule has 2 aromatic rings. The van der Waals surface area contributed by atoms with Crippen LogP contribution in [0.5, 0.6) is 23.0 Å². The van der Waals surface area contributed by atoms with Crippen molar-refractivity contribution in [3.63, 3.8) is 0 Å². The Morgan fingerprint density at radius 2 is 1.57 bits per heavy atom. The zero-order chi connectivity index (χ0) is 27.1. The van der Waals surface area contributed by atoms with Gasteiger partial charge in [0, 0.05) is 6.54 Å². The van der Waals surface area contributed by atoms with Crippen LogP contribution in [0.2, 0.25) is 0 Å². The largest absolute Gasteiger partial charge is 0.493 e. The highest BCUT2D eigenvalue weighted by Gasteiger charge is 2.40. The smallest absolute Gasteiger partial charge is 0.306 e. The second kappa shape index (κ2) is 13.0. The van der Waals surface area contributed by atoms with Gasteiger partial charge in [0.2, 0.25) is 0 Å². The van der Waals surface area contributed by atoms with Gasteiger partial charge in [-0.3, -0.25) is 4.79 Å². The lowest BCUT2D eigenvalue weighted by molar-refractivity contribution is -0.145. The van der Waals surface area contributed by atoms with Gasteiger partial charge < -0.3 is 29.0 Å². The molecule has 1 aliphatic carbocycles. The number of hydrogen-bond acceptors (Lipinski definition) is 6. The molecule has 0 heterocycles. The minimum atomic E-state index is -0.701. The van der Waals surface area contributed by atoms with Gasteiger partial charge in [-0.15, -0.1) is 0 Å². The molecule has 0 fully saturated rings. The highest BCUT2D eigenvalue weighted by molar-refractivity contribution is 5.71. The van der Waals surface area contributed by atoms with Crippen LogP contribution in [-0.4, -0.2) is 64.6 Å². The normalized spacial score (nSPS) is 17.9. The standard InChI is InChI=1S/C30H43NO6/c1-19(2)29-22(10-9-21-17-27(36-6)28(37-7)18-24(21)29)23(30(32)33)13-15-31(3)14-12-20-8-11-25(34-4)26(16-20)35-5/h8,11,16-19,22-23,29H,9-10,12-15H2,1-7H3,(H,32,33)/t22-,23?,29?/m0/s1. The maximum Gasteiger partial charge on any atom is 0.306 e. The number of likely N-dealkylation sites (N-methyl/N-ethyl adjacent to an activating group) is 1. The predicted octanol–water partition coefficient (Wildman–Crippen LogP) is 5.29. The Morgan fingerprint density at radius 1 is 0.946 bits per heavy atom. The van der Waals surface area contributed by atoms with E-state index in [0.717, 1.165) is 49.4 Å². The Kier molecular flexibility index (Phi) is 10.1. The monoisotopic (exact) mass is 513 g/mol. The molecule has 0 amide bonds. The lowest BCUT2D eigenvalue weighted by Crippen LogP contribution is -2.36. The number of methoxy groups -OCH3 is 4. The highest BCUT2D eigenvalue weighted by atomic mass is 16.5. The van der Waals surface area contributed by atoms with Crippen molar-refractivity contribution < 1.29 is 28.8 Å². The average Bonchev–Trinajstić information content (AvgIpc) is 2.90. The third kappa shape index (κ3) is 6.69. The van der Waals surface area contributed by atoms with Gasteiger partial charge >= 0.3 is 5.97 Å². The van der Waals surface area contributed by atoms with Gasteiger partial charge in [0.15, 0.2) is 23.0 Å². The number of carboxylic acid groups (broad SMARTS) is 1. The fourth-order valence-corrected chi connectivity index (χ4v) is 5.85. The number of aryl methyl sites for hydroxylation is 1. The second-order valence-electron chi connectivity index (χ2n) is 10.4. The molecule has 3 rings (SSSR count). The molecule has 0 radical (unpaired) electrons. The quantitative estimate of drug-likeness (QED) is 0.390. The van der Waals surface area contributed by atoms with Gasteiger partial charge in [-0.1, -0.05) is 19.9 Å². The summed E-state index contributed by atoms with van der Waals surface area (Å²) in [5.74, 6) is 2.30. The maximum atomic E-state index is 12.5. The van der Waals surface area contributed by atoms with Crippen LogP contribution in [0.4, 0.5) is 0 Å². The first-order valence-electron chi connectivity index (χ1n) is 13.1. The minimum Gasteiger partial charge on any atom is -0.493 e. The van der Waals surface area contributed by atoms with E-state index in [1.165, 1.54) is 11.1 Å². The fraction of sp³-hybridized carbons (Fsp3) is 0.567. The van der Waals surface area contributed by atoms with Crippen molar-refractivity contribution in [3.05, 3.63) is 47.0 Å². The molecular weight excluding hydrogens is 470 g/mol. The van der Waals surface area contributed by atoms with Crippen molar-refractivity contribution in [3.8, 4) is 23.0 Å². The molecule has 0 aliphatic heterocycles. The molecule has 2 unspecified atom stereocenters. The SMILES string of the molecule is COc1ccc(CCN(C)CCC(C(=O)O)[C@@H]2CCc3cc(OC)c(OC)cc3C2C(C)C)cc1OC. The summed E-state index contributed by atoms with van der Waals surface area (Å²) in [5, 5.41) is 10.3. The lowest BCUT2D eigenvalue weighted by Gasteiger charge is -2.40. The Morgan fingerprint density at radius 3 is 2.16 bits per heavy atom. The second-order valence-corrected chi connectivity index (χ2v) is 10.4. The van der Waals surface area contributed by atoms with Crippen molar-refractivity contribution in [1.82, 2.24) is 4.90 Å². The molecule has 0 aromatic heterocycles. The first-order chi connectivity index (χ1) is 17.7. The van der Waals surface area contributed by atoms with E-state index >= 15 is 0 Å². The van der Waals surface area contributed by atoms with Crippen LogP contribution in [-0.2, 0) is 17.6 Å². The predicted molar refractivity (Wildman–Crippen MR) is 145 cm³/mol. The number of rotatable bonds is 13. The summed E-state index contributed by atoms with van der Waals surface area (Å²) in [6.07, 6.45) is 3.18. The van der Waals surface area contributed by atoms with Gasteiger partial charge in [-0.25, -0.2) is 0 Å². The molecule has 2 aromatic carbocycles. The molecule has 7 nitrogen and oxygen atoms in total. The Balaban J connectivity index is 1.71. The Hall–Kier alpha value is -2.93. The molecule has 0 bridgehead atoms. The van der Waals surface area contributed by atoms with Crippen molar-refractivity contribution in [2.45, 2.75) is 45.4 Å². The van der Waals surface area contributed by atoms with E-state index in [0.29, 0.717) is 23.8 Å². The van der Waals surface area contributed by atoms with Crippen molar-refractivity contribution >= 4 is 5.97 Å². The lowest BCUT2D eigenvalue weighted by atomic mass is 9.65. The number of hydrogen-bond donors (Lipinski definition) is 1. The third-order valence-corrected chi connectivity index (χ3v) is 7.82. The van der Waals surface area contributed by atoms with Crippen LogP contribution >= 0.6 is 0 Å². The summed E-state index contributed by atoms with van der Waals surface area (Å²) in [6.45, 7) is 5.94. The summed E-state index contributed by atoms with van der Waals surface area (Å²) in [5.41, 5.74) is 3.60. The third-order valence-electron chi connectivity index (χ3n) is 7.82. The van der Waals surface area contributed by atoms with Gasteiger partial charge in [-0.05, 0) is 98.0 Å². The maximum absolute atomic E-state index is 12.5. The Bertz CT molecular complexity index is 1050. The average molecular weight is 514 g/mol. The summed E-state index contributed by atoms with van der Waals surface area (Å²) >= 11 is 0. The first-order valence-corrected chi connectivity index (χ1v) is 13.1. The van der Waals surface area contributed by atoms with E-state index in [-0.39, 0.29) is 11.8 Å². The van der Waals surface area contributed by atoms with E-state index in [9.17, 15) is 9.90 Å². The Labute approximate surface area is 221 Å². The fourth-order valence-electron chi connectivity index (χ4n) is 5.85. The molecular formula is C30H43NO6. The van der Waals surface area contributed by atoms with Crippen LogP contribution in [0, 0.1) is 17.8 Å². The van der Waals surface area contributed by atoms with Crippen LogP contribution < -0.4 is 18.9 Å². The number of benzene rings is 2. The van der Waals surface area contributed by atoms with Gasteiger partial charge in [-0.2, -0.15) is 0 Å². The topological polar surface area (TPSA) is 77.5 Å². The molecule has 204 valence electrons. The van der Waals surface area contributed by atoms with Gasteiger partial charge in [0.1, 0.15) is 0 Å². The summed E-state index contributed by atoms with van der Waals surface area (Å²) in [4.78, 5) is 14.8. The molecule has 1 N–H and O–H groups in total. The van der Waals surface area contributed by atoms with Crippen LogP contribution in [0.15, 0.2) is 30.3 Å². The van der Waals surface area contributed by atoms with E-state index in [2.05, 4.69) is 37.9 Å². The van der Waals surface area contributed by atoms with Gasteiger partial charge in [0.25, 0.3) is 0 Å². The van der Waals surface area contributed by atoms with Crippen molar-refractivity contribution in [2.24, 2.45) is 17.8 Å². The summed E-state index contributed by atoms with van der Waals surface area (Å²) in [6, 6.07) is 10.1. The first kappa shape index (κ1) is 28.6.